The average Bonchev–Trinajstić information content (AvgIpc) is 2.71. The summed E-state index contributed by atoms with van der Waals surface area (Å²) in [6, 6.07) is -0.861. The van der Waals surface area contributed by atoms with Crippen molar-refractivity contribution in [2.75, 3.05) is 19.8 Å². The normalized spacial score (nSPS) is 20.2. The van der Waals surface area contributed by atoms with E-state index in [0.717, 1.165) is 0 Å². The summed E-state index contributed by atoms with van der Waals surface area (Å²) in [7, 11) is 0. The first-order valence-corrected chi connectivity index (χ1v) is 5.48. The van der Waals surface area contributed by atoms with Gasteiger partial charge in [-0.2, -0.15) is 13.2 Å². The van der Waals surface area contributed by atoms with Gasteiger partial charge in [0, 0.05) is 6.54 Å². The first-order chi connectivity index (χ1) is 8.31. The van der Waals surface area contributed by atoms with E-state index < -0.39 is 30.7 Å². The van der Waals surface area contributed by atoms with Gasteiger partial charge in [-0.1, -0.05) is 0 Å². The number of rotatable bonds is 5. The van der Waals surface area contributed by atoms with Crippen LogP contribution in [0.4, 0.5) is 13.2 Å². The third-order valence-corrected chi connectivity index (χ3v) is 2.58. The van der Waals surface area contributed by atoms with Gasteiger partial charge >= 0.3 is 12.1 Å². The van der Waals surface area contributed by atoms with E-state index in [4.69, 9.17) is 5.11 Å². The largest absolute Gasteiger partial charge is 0.480 e. The topological polar surface area (TPSA) is 66.8 Å². The van der Waals surface area contributed by atoms with Crippen LogP contribution in [0.5, 0.6) is 0 Å². The third-order valence-electron chi connectivity index (χ3n) is 2.58. The molecular weight excluding hydrogens is 255 g/mol. The van der Waals surface area contributed by atoms with Crippen LogP contribution in [0.2, 0.25) is 0 Å². The lowest BCUT2D eigenvalue weighted by Gasteiger charge is -2.21. The summed E-state index contributed by atoms with van der Waals surface area (Å²) in [5.74, 6) is -1.57. The molecule has 18 heavy (non-hydrogen) atoms. The Morgan fingerprint density at radius 2 is 2.06 bits per heavy atom. The Labute approximate surface area is 102 Å². The molecule has 1 aliphatic rings. The standard InChI is InChI=1S/C10H14F3NO4/c11-10(12,13)6-18-5-3-8(15)14-4-1-2-7(14)9(16)17/h7H,1-6H2,(H,16,17)/t7-/m1/s1. The van der Waals surface area contributed by atoms with Crippen LogP contribution in [0.15, 0.2) is 0 Å². The van der Waals surface area contributed by atoms with Gasteiger partial charge in [-0.05, 0) is 12.8 Å². The van der Waals surface area contributed by atoms with E-state index in [1.807, 2.05) is 0 Å². The summed E-state index contributed by atoms with van der Waals surface area (Å²) in [5.41, 5.74) is 0. The Kier molecular flexibility index (Phi) is 4.94. The number of carbonyl (C=O) groups excluding carboxylic acids is 1. The molecule has 5 nitrogen and oxygen atoms in total. The van der Waals surface area contributed by atoms with E-state index in [2.05, 4.69) is 4.74 Å². The second-order valence-electron chi connectivity index (χ2n) is 4.00. The minimum Gasteiger partial charge on any atom is -0.480 e. The summed E-state index contributed by atoms with van der Waals surface area (Å²) in [6.45, 7) is -1.43. The predicted molar refractivity (Wildman–Crippen MR) is 53.9 cm³/mol. The van der Waals surface area contributed by atoms with Crippen molar-refractivity contribution in [1.29, 1.82) is 0 Å². The van der Waals surface area contributed by atoms with Crippen LogP contribution in [-0.2, 0) is 14.3 Å². The number of ether oxygens (including phenoxy) is 1. The SMILES string of the molecule is O=C(O)[C@H]1CCCN1C(=O)CCOCC(F)(F)F. The Morgan fingerprint density at radius 1 is 1.39 bits per heavy atom. The predicted octanol–water partition coefficient (Wildman–Crippen LogP) is 1.03. The minimum absolute atomic E-state index is 0.236. The van der Waals surface area contributed by atoms with Gasteiger partial charge in [0.05, 0.1) is 13.0 Å². The monoisotopic (exact) mass is 269 g/mol. The fourth-order valence-corrected chi connectivity index (χ4v) is 1.81. The van der Waals surface area contributed by atoms with E-state index in [0.29, 0.717) is 19.4 Å². The molecule has 0 aromatic rings. The molecule has 0 unspecified atom stereocenters. The summed E-state index contributed by atoms with van der Waals surface area (Å²) < 4.78 is 39.6. The molecule has 1 saturated heterocycles. The number of carbonyl (C=O) groups is 2. The van der Waals surface area contributed by atoms with Crippen molar-refractivity contribution >= 4 is 11.9 Å². The number of likely N-dealkylation sites (tertiary alicyclic amines) is 1. The van der Waals surface area contributed by atoms with Crippen molar-refractivity contribution in [3.63, 3.8) is 0 Å². The highest BCUT2D eigenvalue weighted by Crippen LogP contribution is 2.19. The summed E-state index contributed by atoms with van der Waals surface area (Å²) in [6.07, 6.45) is -3.68. The fourth-order valence-electron chi connectivity index (χ4n) is 1.81. The van der Waals surface area contributed by atoms with Crippen LogP contribution in [0.25, 0.3) is 0 Å². The molecule has 0 radical (unpaired) electrons. The molecule has 1 aliphatic heterocycles. The van der Waals surface area contributed by atoms with Gasteiger partial charge in [0.25, 0.3) is 0 Å². The van der Waals surface area contributed by atoms with Crippen molar-refractivity contribution in [3.8, 4) is 0 Å². The summed E-state index contributed by atoms with van der Waals surface area (Å²) in [4.78, 5) is 23.6. The molecule has 0 aromatic heterocycles. The maximum Gasteiger partial charge on any atom is 0.411 e. The fraction of sp³-hybridized carbons (Fsp3) is 0.800. The number of carboxylic acids is 1. The van der Waals surface area contributed by atoms with Gasteiger partial charge in [0.2, 0.25) is 5.91 Å². The molecule has 1 atom stereocenters. The van der Waals surface area contributed by atoms with Crippen molar-refractivity contribution in [3.05, 3.63) is 0 Å². The molecule has 1 fully saturated rings. The van der Waals surface area contributed by atoms with Crippen LogP contribution in [0.1, 0.15) is 19.3 Å². The molecule has 1 heterocycles. The van der Waals surface area contributed by atoms with Crippen molar-refractivity contribution in [2.45, 2.75) is 31.5 Å². The Morgan fingerprint density at radius 3 is 2.61 bits per heavy atom. The second kappa shape index (κ2) is 6.03. The molecule has 0 aromatic carbocycles. The summed E-state index contributed by atoms with van der Waals surface area (Å²) >= 11 is 0. The lowest BCUT2D eigenvalue weighted by Crippen LogP contribution is -2.40. The molecule has 8 heteroatoms. The molecule has 0 spiro atoms. The lowest BCUT2D eigenvalue weighted by atomic mass is 10.2. The van der Waals surface area contributed by atoms with E-state index >= 15 is 0 Å². The molecule has 0 bridgehead atoms. The van der Waals surface area contributed by atoms with Gasteiger partial charge in [-0.15, -0.1) is 0 Å². The highest BCUT2D eigenvalue weighted by Gasteiger charge is 2.33. The Bertz CT molecular complexity index is 319. The highest BCUT2D eigenvalue weighted by atomic mass is 19.4. The zero-order valence-corrected chi connectivity index (χ0v) is 9.57. The molecule has 0 saturated carbocycles. The minimum atomic E-state index is -4.42. The van der Waals surface area contributed by atoms with Crippen LogP contribution in [0.3, 0.4) is 0 Å². The molecule has 1 amide bonds. The van der Waals surface area contributed by atoms with Crippen LogP contribution < -0.4 is 0 Å². The molecule has 0 aliphatic carbocycles. The van der Waals surface area contributed by atoms with Crippen LogP contribution in [-0.4, -0.2) is 53.9 Å². The number of aliphatic carboxylic acids is 1. The smallest absolute Gasteiger partial charge is 0.411 e. The number of hydrogen-bond donors (Lipinski definition) is 1. The van der Waals surface area contributed by atoms with Crippen molar-refractivity contribution < 1.29 is 32.6 Å². The zero-order valence-electron chi connectivity index (χ0n) is 9.57. The van der Waals surface area contributed by atoms with Gasteiger partial charge in [-0.25, -0.2) is 4.79 Å². The van der Waals surface area contributed by atoms with Crippen LogP contribution >= 0.6 is 0 Å². The maximum atomic E-state index is 11.8. The number of carboxylic acid groups (broad SMARTS) is 1. The molecule has 1 N–H and O–H groups in total. The Balaban J connectivity index is 2.30. The van der Waals surface area contributed by atoms with Crippen LogP contribution in [0, 0.1) is 0 Å². The number of amides is 1. The van der Waals surface area contributed by atoms with E-state index in [1.54, 1.807) is 0 Å². The first-order valence-electron chi connectivity index (χ1n) is 5.48. The number of alkyl halides is 3. The van der Waals surface area contributed by atoms with Gasteiger partial charge in [0.15, 0.2) is 0 Å². The quantitative estimate of drug-likeness (QED) is 0.757. The number of hydrogen-bond acceptors (Lipinski definition) is 3. The van der Waals surface area contributed by atoms with E-state index in [1.165, 1.54) is 4.90 Å². The van der Waals surface area contributed by atoms with Gasteiger partial charge < -0.3 is 14.7 Å². The van der Waals surface area contributed by atoms with E-state index in [-0.39, 0.29) is 13.0 Å². The number of halogens is 3. The average molecular weight is 269 g/mol. The summed E-state index contributed by atoms with van der Waals surface area (Å²) in [5, 5.41) is 8.84. The lowest BCUT2D eigenvalue weighted by molar-refractivity contribution is -0.175. The zero-order chi connectivity index (χ0) is 13.8. The Hall–Kier alpha value is -1.31. The number of nitrogens with zero attached hydrogens (tertiary/aromatic N) is 1. The molecule has 104 valence electrons. The van der Waals surface area contributed by atoms with E-state index in [9.17, 15) is 22.8 Å². The molecular formula is C10H14F3NO4. The second-order valence-corrected chi connectivity index (χ2v) is 4.00. The third kappa shape index (κ3) is 4.52. The maximum absolute atomic E-state index is 11.8. The van der Waals surface area contributed by atoms with Gasteiger partial charge in [0.1, 0.15) is 12.6 Å². The highest BCUT2D eigenvalue weighted by molar-refractivity contribution is 5.84. The molecule has 1 rings (SSSR count). The first kappa shape index (κ1) is 14.7. The van der Waals surface area contributed by atoms with Gasteiger partial charge in [-0.3, -0.25) is 4.79 Å². The van der Waals surface area contributed by atoms with Crippen molar-refractivity contribution in [2.24, 2.45) is 0 Å². The van der Waals surface area contributed by atoms with Crippen molar-refractivity contribution in [1.82, 2.24) is 4.90 Å².